The van der Waals surface area contributed by atoms with Crippen molar-refractivity contribution in [1.82, 2.24) is 117 Å². The highest BCUT2D eigenvalue weighted by atomic mass is 79.9. The molecule has 18 aromatic rings. The fraction of sp³-hybridized carbons (Fsp3) is 0.283. The molecule has 2 atom stereocenters. The Bertz CT molecular complexity index is 6910. The van der Waals surface area contributed by atoms with Gasteiger partial charge in [0.15, 0.2) is 0 Å². The fourth-order valence-electron chi connectivity index (χ4n) is 16.0. The second kappa shape index (κ2) is 38.0. The number of aromatic nitrogens is 24. The zero-order valence-corrected chi connectivity index (χ0v) is 73.8. The molecule has 0 aliphatic heterocycles. The lowest BCUT2D eigenvalue weighted by Gasteiger charge is -2.22. The molecule has 0 amide bonds. The number of alkyl halides is 3. The van der Waals surface area contributed by atoms with Gasteiger partial charge >= 0.3 is 6.18 Å². The van der Waals surface area contributed by atoms with Gasteiger partial charge in [-0.15, -0.1) is 0 Å². The van der Waals surface area contributed by atoms with Gasteiger partial charge in [-0.1, -0.05) is 98.2 Å². The molecule has 129 heavy (non-hydrogen) atoms. The normalized spacial score (nSPS) is 13.8. The highest BCUT2D eigenvalue weighted by molar-refractivity contribution is 9.10. The number of hydrogen-bond acceptors (Lipinski definition) is 26. The molecule has 0 fully saturated rings. The van der Waals surface area contributed by atoms with Gasteiger partial charge in [0.05, 0.1) is 18.8 Å². The van der Waals surface area contributed by atoms with E-state index in [2.05, 4.69) is 221 Å². The molecule has 12 heterocycles. The molecule has 662 valence electrons. The minimum Gasteiger partial charge on any atom is -0.392 e. The van der Waals surface area contributed by atoms with Crippen LogP contribution in [0.15, 0.2) is 188 Å². The van der Waals surface area contributed by atoms with E-state index in [9.17, 15) is 27.8 Å². The van der Waals surface area contributed by atoms with Gasteiger partial charge in [-0.05, 0) is 228 Å². The lowest BCUT2D eigenvalue weighted by atomic mass is 9.84. The van der Waals surface area contributed by atoms with Crippen molar-refractivity contribution in [2.24, 2.45) is 0 Å². The highest BCUT2D eigenvalue weighted by Gasteiger charge is 2.33. The summed E-state index contributed by atoms with van der Waals surface area (Å²) in [6.07, 6.45) is 9.96. The standard InChI is InChI=1S/C17H19N5O2.C17H21N5.C15H14BrN5.C15H14FN5.C14H12F3N5.C13H13N5.CH4/c1-10-2-16(22-17(20-10)18-9-19-22)21-15-5-11-3-13(7-23)14(8-24)4-12(11)6-15;1-11-8-13(6-7-14(11)17(3,4)5)21-15-9-12(2)20-16-18-10-19-22(15)16;2*1-9-4-14(21-15(19-9)17-8-18-21)20-13-6-10-2-3-12(16)5-11(10)7-13;1-8-3-4-10(6-11(8)14(15,16)17)21-12-5-9(2)20-13-18-7-19-22(12)13;1-9-3-5-11(6-4-9)17-12-7-10(2)16-13-14-8-15-18(12)13;/h2-4,9,15,21,23-24H,5-8H2,1H3;6-10,21H,1-5H3;2*2-5,8,13,20H,6-7H2,1H3;3-7,21H,1-2H3;3-8,17H,1-2H3;1H4. The van der Waals surface area contributed by atoms with Crippen LogP contribution >= 0.6 is 15.9 Å². The molecule has 3 aliphatic carbocycles. The fourth-order valence-corrected chi connectivity index (χ4v) is 16.4. The Morgan fingerprint density at radius 3 is 1.03 bits per heavy atom. The van der Waals surface area contributed by atoms with Gasteiger partial charge in [0.2, 0.25) is 0 Å². The Balaban J connectivity index is 0.000000119. The maximum Gasteiger partial charge on any atom is 0.416 e. The summed E-state index contributed by atoms with van der Waals surface area (Å²) < 4.78 is 63.3. The molecule has 21 rings (SSSR count). The Morgan fingerprint density at radius 2 is 0.667 bits per heavy atom. The van der Waals surface area contributed by atoms with E-state index in [-0.39, 0.29) is 49.5 Å². The first-order valence-corrected chi connectivity index (χ1v) is 42.2. The quantitative estimate of drug-likeness (QED) is 0.0469. The van der Waals surface area contributed by atoms with Crippen molar-refractivity contribution in [3.8, 4) is 0 Å². The predicted octanol–water partition coefficient (Wildman–Crippen LogP) is 16.3. The summed E-state index contributed by atoms with van der Waals surface area (Å²) in [6, 6.07) is 46.7. The summed E-state index contributed by atoms with van der Waals surface area (Å²) in [5.41, 5.74) is 20.2. The van der Waals surface area contributed by atoms with E-state index >= 15 is 0 Å². The molecular formula is C92H97BrF4N30O2. The molecular weight excluding hydrogens is 1710 g/mol. The summed E-state index contributed by atoms with van der Waals surface area (Å²) in [7, 11) is 0. The topological polar surface area (TPSA) is 371 Å². The number of benzene rings is 6. The maximum atomic E-state index is 13.3. The summed E-state index contributed by atoms with van der Waals surface area (Å²) in [6.45, 7) is 23.7. The third-order valence-electron chi connectivity index (χ3n) is 21.8. The minimum atomic E-state index is -4.39. The van der Waals surface area contributed by atoms with Crippen LogP contribution in [0.2, 0.25) is 0 Å². The largest absolute Gasteiger partial charge is 0.416 e. The minimum absolute atomic E-state index is 0. The first-order valence-electron chi connectivity index (χ1n) is 41.4. The van der Waals surface area contributed by atoms with Gasteiger partial charge in [0.25, 0.3) is 34.7 Å². The van der Waals surface area contributed by atoms with Crippen LogP contribution in [0.25, 0.3) is 34.7 Å². The van der Waals surface area contributed by atoms with Crippen molar-refractivity contribution >= 4 is 103 Å². The zero-order valence-electron chi connectivity index (χ0n) is 72.2. The van der Waals surface area contributed by atoms with Crippen molar-refractivity contribution in [3.05, 3.63) is 300 Å². The van der Waals surface area contributed by atoms with Crippen molar-refractivity contribution < 1.29 is 27.8 Å². The van der Waals surface area contributed by atoms with Gasteiger partial charge in [0.1, 0.15) is 78.7 Å². The van der Waals surface area contributed by atoms with E-state index < -0.39 is 11.7 Å². The monoisotopic (exact) mass is 1810 g/mol. The first kappa shape index (κ1) is 89.4. The SMILES string of the molecule is C.Cc1cc(NC2Cc3cc(CO)c(CO)cc3C2)n2ncnc2n1.Cc1cc(NC2Cc3ccc(Br)cc3C2)n2ncnc2n1.Cc1cc(NC2Cc3ccc(F)cc3C2)n2ncnc2n1.Cc1cc(Nc2ccc(C(C)(C)C)c(C)c2)n2ncnc2n1.Cc1cc(Nc2ccc(C)c(C(F)(F)F)c2)n2ncnc2n1.Cc1ccc(Nc2cc(C)nc3ncnn23)cc1. The highest BCUT2D eigenvalue weighted by Crippen LogP contribution is 2.37. The van der Waals surface area contributed by atoms with Gasteiger partial charge < -0.3 is 42.1 Å². The van der Waals surface area contributed by atoms with Crippen molar-refractivity contribution in [3.63, 3.8) is 0 Å². The van der Waals surface area contributed by atoms with Crippen molar-refractivity contribution in [2.45, 2.75) is 172 Å². The molecule has 12 aromatic heterocycles. The Kier molecular flexibility index (Phi) is 26.3. The van der Waals surface area contributed by atoms with Crippen LogP contribution in [0.5, 0.6) is 0 Å². The Hall–Kier alpha value is -14.5. The molecule has 8 N–H and O–H groups in total. The second-order valence-corrected chi connectivity index (χ2v) is 33.8. The first-order chi connectivity index (χ1) is 61.5. The number of aliphatic hydroxyl groups excluding tert-OH is 2. The van der Waals surface area contributed by atoms with Crippen LogP contribution in [-0.4, -0.2) is 146 Å². The van der Waals surface area contributed by atoms with E-state index in [4.69, 9.17) is 0 Å². The lowest BCUT2D eigenvalue weighted by Crippen LogP contribution is -2.21. The second-order valence-electron chi connectivity index (χ2n) is 32.9. The Labute approximate surface area is 747 Å². The smallest absolute Gasteiger partial charge is 0.392 e. The number of aliphatic hydroxyl groups is 2. The van der Waals surface area contributed by atoms with Crippen LogP contribution in [0, 0.1) is 68.1 Å². The van der Waals surface area contributed by atoms with Gasteiger partial charge in [-0.3, -0.25) is 0 Å². The van der Waals surface area contributed by atoms with E-state index in [0.717, 1.165) is 135 Å². The van der Waals surface area contributed by atoms with E-state index in [1.165, 1.54) is 106 Å². The van der Waals surface area contributed by atoms with Crippen LogP contribution in [-0.2, 0) is 63.3 Å². The molecule has 0 spiro atoms. The number of halogens is 5. The van der Waals surface area contributed by atoms with Crippen LogP contribution < -0.4 is 31.9 Å². The lowest BCUT2D eigenvalue weighted by molar-refractivity contribution is -0.138. The molecule has 32 nitrogen and oxygen atoms in total. The number of fused-ring (bicyclic) bond motifs is 9. The molecule has 3 aliphatic rings. The molecule has 0 bridgehead atoms. The van der Waals surface area contributed by atoms with Crippen LogP contribution in [0.4, 0.5) is 69.5 Å². The number of nitrogens with one attached hydrogen (secondary N) is 6. The van der Waals surface area contributed by atoms with Gasteiger partial charge in [-0.25, -0.2) is 34.3 Å². The third-order valence-corrected chi connectivity index (χ3v) is 22.3. The average molecular weight is 1810 g/mol. The van der Waals surface area contributed by atoms with E-state index in [1.54, 1.807) is 47.7 Å². The summed E-state index contributed by atoms with van der Waals surface area (Å²) in [5.74, 6) is 8.12. The Morgan fingerprint density at radius 1 is 0.349 bits per heavy atom. The third kappa shape index (κ3) is 21.0. The van der Waals surface area contributed by atoms with E-state index in [0.29, 0.717) is 57.9 Å². The summed E-state index contributed by atoms with van der Waals surface area (Å²) in [4.78, 5) is 50.5. The maximum absolute atomic E-state index is 13.3. The molecule has 37 heteroatoms. The summed E-state index contributed by atoms with van der Waals surface area (Å²) >= 11 is 3.54. The van der Waals surface area contributed by atoms with Gasteiger partial charge in [0, 0.05) is 110 Å². The zero-order chi connectivity index (χ0) is 89.8. The summed E-state index contributed by atoms with van der Waals surface area (Å²) in [5, 5.41) is 64.2. The molecule has 0 saturated carbocycles. The molecule has 0 radical (unpaired) electrons. The van der Waals surface area contributed by atoms with E-state index in [1.807, 2.05) is 95.3 Å². The number of hydrogen-bond donors (Lipinski definition) is 8. The number of aryl methyl sites for hydroxylation is 9. The average Bonchev–Trinajstić information content (AvgIpc) is 1.75. The molecule has 0 saturated heterocycles. The van der Waals surface area contributed by atoms with Crippen molar-refractivity contribution in [1.29, 1.82) is 0 Å². The van der Waals surface area contributed by atoms with Crippen molar-refractivity contribution in [2.75, 3.05) is 31.9 Å². The van der Waals surface area contributed by atoms with Crippen LogP contribution in [0.3, 0.4) is 0 Å². The molecule has 2 unspecified atom stereocenters. The number of anilines is 9. The number of nitrogens with zero attached hydrogens (tertiary/aromatic N) is 24. The van der Waals surface area contributed by atoms with Gasteiger partial charge in [-0.2, -0.15) is 101 Å². The number of rotatable bonds is 14. The predicted molar refractivity (Wildman–Crippen MR) is 490 cm³/mol. The molecule has 6 aromatic carbocycles. The van der Waals surface area contributed by atoms with Crippen LogP contribution in [0.1, 0.15) is 135 Å².